The largest absolute Gasteiger partial charge is 0.481 e. The molecular formula is C19H23ClN4O2. The van der Waals surface area contributed by atoms with E-state index in [1.54, 1.807) is 37.4 Å². The molecule has 1 aliphatic heterocycles. The van der Waals surface area contributed by atoms with Gasteiger partial charge in [0.15, 0.2) is 6.10 Å². The molecule has 1 unspecified atom stereocenters. The molecule has 0 bridgehead atoms. The highest BCUT2D eigenvalue weighted by Gasteiger charge is 2.17. The minimum absolute atomic E-state index is 0.237. The van der Waals surface area contributed by atoms with Crippen molar-refractivity contribution in [3.05, 3.63) is 47.6 Å². The Balaban J connectivity index is 1.55. The second-order valence-electron chi connectivity index (χ2n) is 6.40. The van der Waals surface area contributed by atoms with Gasteiger partial charge in [-0.3, -0.25) is 4.79 Å². The summed E-state index contributed by atoms with van der Waals surface area (Å²) in [6.45, 7) is 5.67. The van der Waals surface area contributed by atoms with Crippen LogP contribution < -0.4 is 15.0 Å². The van der Waals surface area contributed by atoms with Gasteiger partial charge >= 0.3 is 0 Å². The highest BCUT2D eigenvalue weighted by molar-refractivity contribution is 6.30. The number of nitrogens with zero attached hydrogens (tertiary/aromatic N) is 3. The van der Waals surface area contributed by atoms with Crippen LogP contribution in [-0.4, -0.2) is 55.1 Å². The van der Waals surface area contributed by atoms with E-state index < -0.39 is 6.10 Å². The van der Waals surface area contributed by atoms with Crippen LogP contribution in [0.4, 0.5) is 11.5 Å². The summed E-state index contributed by atoms with van der Waals surface area (Å²) in [5.41, 5.74) is 0.648. The van der Waals surface area contributed by atoms with Crippen LogP contribution in [0, 0.1) is 0 Å². The Morgan fingerprint density at radius 3 is 2.65 bits per heavy atom. The van der Waals surface area contributed by atoms with Crippen molar-refractivity contribution in [2.45, 2.75) is 13.0 Å². The number of benzene rings is 1. The molecule has 1 aromatic heterocycles. The van der Waals surface area contributed by atoms with Gasteiger partial charge in [0, 0.05) is 31.2 Å². The number of pyridine rings is 1. The van der Waals surface area contributed by atoms with E-state index in [2.05, 4.69) is 27.1 Å². The number of likely N-dealkylation sites (N-methyl/N-ethyl adjacent to an activating group) is 1. The van der Waals surface area contributed by atoms with Gasteiger partial charge in [-0.2, -0.15) is 0 Å². The summed E-state index contributed by atoms with van der Waals surface area (Å²) in [6.07, 6.45) is 1.03. The zero-order valence-corrected chi connectivity index (χ0v) is 15.7. The maximum absolute atomic E-state index is 12.3. The molecule has 6 nitrogen and oxygen atoms in total. The van der Waals surface area contributed by atoms with Gasteiger partial charge in [0.1, 0.15) is 11.6 Å². The van der Waals surface area contributed by atoms with Gasteiger partial charge in [-0.05, 0) is 44.3 Å². The van der Waals surface area contributed by atoms with Crippen molar-refractivity contribution in [2.75, 3.05) is 43.4 Å². The first-order valence-corrected chi connectivity index (χ1v) is 9.02. The minimum atomic E-state index is -0.647. The van der Waals surface area contributed by atoms with Crippen molar-refractivity contribution in [3.63, 3.8) is 0 Å². The third kappa shape index (κ3) is 4.86. The van der Waals surface area contributed by atoms with Crippen LogP contribution >= 0.6 is 11.6 Å². The summed E-state index contributed by atoms with van der Waals surface area (Å²) >= 11 is 5.93. The number of anilines is 2. The Kier molecular flexibility index (Phi) is 5.96. The van der Waals surface area contributed by atoms with Gasteiger partial charge in [0.2, 0.25) is 0 Å². The van der Waals surface area contributed by atoms with Crippen LogP contribution in [-0.2, 0) is 4.79 Å². The monoisotopic (exact) mass is 374 g/mol. The van der Waals surface area contributed by atoms with Crippen molar-refractivity contribution >= 4 is 29.0 Å². The number of hydrogen-bond donors (Lipinski definition) is 1. The van der Waals surface area contributed by atoms with Crippen LogP contribution in [0.2, 0.25) is 5.02 Å². The van der Waals surface area contributed by atoms with E-state index in [1.165, 1.54) is 0 Å². The third-order valence-corrected chi connectivity index (χ3v) is 4.56. The van der Waals surface area contributed by atoms with Crippen LogP contribution in [0.1, 0.15) is 6.92 Å². The maximum atomic E-state index is 12.3. The molecule has 2 heterocycles. The summed E-state index contributed by atoms with van der Waals surface area (Å²) in [5.74, 6) is 1.25. The van der Waals surface area contributed by atoms with Crippen molar-refractivity contribution in [2.24, 2.45) is 0 Å². The van der Waals surface area contributed by atoms with Crippen molar-refractivity contribution in [1.29, 1.82) is 0 Å². The molecule has 0 aliphatic carbocycles. The number of rotatable bonds is 5. The standard InChI is InChI=1S/C19H23ClN4O2/c1-14(26-17-5-3-4-15(20)12-17)19(25)22-16-6-7-18(21-13-16)24-10-8-23(2)9-11-24/h3-7,12-14H,8-11H2,1-2H3,(H,22,25). The molecule has 138 valence electrons. The SMILES string of the molecule is CC(Oc1cccc(Cl)c1)C(=O)Nc1ccc(N2CCN(C)CC2)nc1. The number of amides is 1. The number of carbonyl (C=O) groups is 1. The second-order valence-corrected chi connectivity index (χ2v) is 6.84. The molecule has 0 saturated carbocycles. The number of aromatic nitrogens is 1. The molecule has 1 fully saturated rings. The van der Waals surface area contributed by atoms with E-state index in [0.29, 0.717) is 16.5 Å². The fourth-order valence-electron chi connectivity index (χ4n) is 2.72. The maximum Gasteiger partial charge on any atom is 0.265 e. The van der Waals surface area contributed by atoms with E-state index in [0.717, 1.165) is 32.0 Å². The number of hydrogen-bond acceptors (Lipinski definition) is 5. The summed E-state index contributed by atoms with van der Waals surface area (Å²) in [7, 11) is 2.12. The normalized spacial score (nSPS) is 16.2. The molecule has 3 rings (SSSR count). The summed E-state index contributed by atoms with van der Waals surface area (Å²) in [4.78, 5) is 21.3. The highest BCUT2D eigenvalue weighted by atomic mass is 35.5. The minimum Gasteiger partial charge on any atom is -0.481 e. The predicted octanol–water partition coefficient (Wildman–Crippen LogP) is 2.89. The smallest absolute Gasteiger partial charge is 0.265 e. The molecule has 26 heavy (non-hydrogen) atoms. The fraction of sp³-hybridized carbons (Fsp3) is 0.368. The molecule has 0 spiro atoms. The lowest BCUT2D eigenvalue weighted by Crippen LogP contribution is -2.44. The van der Waals surface area contributed by atoms with Gasteiger partial charge in [0.25, 0.3) is 5.91 Å². The fourth-order valence-corrected chi connectivity index (χ4v) is 2.90. The number of piperazine rings is 1. The van der Waals surface area contributed by atoms with E-state index in [9.17, 15) is 4.79 Å². The first kappa shape index (κ1) is 18.5. The van der Waals surface area contributed by atoms with Crippen LogP contribution in [0.5, 0.6) is 5.75 Å². The van der Waals surface area contributed by atoms with Crippen LogP contribution in [0.3, 0.4) is 0 Å². The molecule has 1 aromatic carbocycles. The summed E-state index contributed by atoms with van der Waals surface area (Å²) in [6, 6.07) is 10.8. The molecule has 1 atom stereocenters. The quantitative estimate of drug-likeness (QED) is 0.872. The molecule has 1 saturated heterocycles. The lowest BCUT2D eigenvalue weighted by molar-refractivity contribution is -0.122. The lowest BCUT2D eigenvalue weighted by atomic mass is 10.3. The number of nitrogens with one attached hydrogen (secondary N) is 1. The van der Waals surface area contributed by atoms with E-state index in [1.807, 2.05) is 12.1 Å². The van der Waals surface area contributed by atoms with Gasteiger partial charge in [-0.15, -0.1) is 0 Å². The average molecular weight is 375 g/mol. The van der Waals surface area contributed by atoms with Gasteiger partial charge in [-0.25, -0.2) is 4.98 Å². The van der Waals surface area contributed by atoms with Crippen molar-refractivity contribution in [1.82, 2.24) is 9.88 Å². The lowest BCUT2D eigenvalue weighted by Gasteiger charge is -2.33. The van der Waals surface area contributed by atoms with Gasteiger partial charge in [0.05, 0.1) is 11.9 Å². The summed E-state index contributed by atoms with van der Waals surface area (Å²) < 4.78 is 5.63. The average Bonchev–Trinajstić information content (AvgIpc) is 2.63. The van der Waals surface area contributed by atoms with Crippen LogP contribution in [0.15, 0.2) is 42.6 Å². The topological polar surface area (TPSA) is 57.7 Å². The highest BCUT2D eigenvalue weighted by Crippen LogP contribution is 2.19. The summed E-state index contributed by atoms with van der Waals surface area (Å²) in [5, 5.41) is 3.40. The Morgan fingerprint density at radius 1 is 1.23 bits per heavy atom. The molecular weight excluding hydrogens is 352 g/mol. The number of ether oxygens (including phenoxy) is 1. The van der Waals surface area contributed by atoms with E-state index in [4.69, 9.17) is 16.3 Å². The van der Waals surface area contributed by atoms with E-state index >= 15 is 0 Å². The first-order valence-electron chi connectivity index (χ1n) is 8.64. The van der Waals surface area contributed by atoms with Crippen molar-refractivity contribution < 1.29 is 9.53 Å². The zero-order valence-electron chi connectivity index (χ0n) is 15.0. The zero-order chi connectivity index (χ0) is 18.5. The Hall–Kier alpha value is -2.31. The Bertz CT molecular complexity index is 745. The Morgan fingerprint density at radius 2 is 2.00 bits per heavy atom. The van der Waals surface area contributed by atoms with E-state index in [-0.39, 0.29) is 5.91 Å². The molecule has 1 amide bonds. The molecule has 2 aromatic rings. The predicted molar refractivity (Wildman–Crippen MR) is 104 cm³/mol. The molecule has 1 N–H and O–H groups in total. The van der Waals surface area contributed by atoms with Crippen LogP contribution in [0.25, 0.3) is 0 Å². The Labute approximate surface area is 158 Å². The molecule has 0 radical (unpaired) electrons. The van der Waals surface area contributed by atoms with Crippen molar-refractivity contribution in [3.8, 4) is 5.75 Å². The molecule has 1 aliphatic rings. The third-order valence-electron chi connectivity index (χ3n) is 4.32. The first-order chi connectivity index (χ1) is 12.5. The number of halogens is 1. The number of carbonyl (C=O) groups excluding carboxylic acids is 1. The van der Waals surface area contributed by atoms with Gasteiger partial charge < -0.3 is 19.9 Å². The van der Waals surface area contributed by atoms with Gasteiger partial charge in [-0.1, -0.05) is 17.7 Å². The molecule has 7 heteroatoms. The second kappa shape index (κ2) is 8.38.